The van der Waals surface area contributed by atoms with Crippen LogP contribution in [-0.2, 0) is 6.54 Å². The van der Waals surface area contributed by atoms with Gasteiger partial charge < -0.3 is 15.5 Å². The SMILES string of the molecule is Cc1cc(N2CC(C)CC(C)C2)nc(NC(=S)NCc2ccc(F)cc2)n1. The minimum absolute atomic E-state index is 0.249. The molecule has 1 aliphatic rings. The average molecular weight is 388 g/mol. The molecular weight excluding hydrogens is 361 g/mol. The summed E-state index contributed by atoms with van der Waals surface area (Å²) in [7, 11) is 0. The zero-order chi connectivity index (χ0) is 19.4. The number of rotatable bonds is 4. The van der Waals surface area contributed by atoms with Crippen molar-refractivity contribution in [1.82, 2.24) is 15.3 Å². The molecule has 1 aliphatic heterocycles. The first kappa shape index (κ1) is 19.5. The highest BCUT2D eigenvalue weighted by molar-refractivity contribution is 7.80. The van der Waals surface area contributed by atoms with Crippen LogP contribution in [0.3, 0.4) is 0 Å². The van der Waals surface area contributed by atoms with Crippen molar-refractivity contribution in [3.8, 4) is 0 Å². The maximum absolute atomic E-state index is 13.0. The largest absolute Gasteiger partial charge is 0.358 e. The van der Waals surface area contributed by atoms with Crippen molar-refractivity contribution in [3.05, 3.63) is 47.4 Å². The van der Waals surface area contributed by atoms with Gasteiger partial charge in [-0.1, -0.05) is 26.0 Å². The van der Waals surface area contributed by atoms with Gasteiger partial charge in [-0.05, 0) is 55.1 Å². The second-order valence-electron chi connectivity index (χ2n) is 7.48. The molecule has 27 heavy (non-hydrogen) atoms. The summed E-state index contributed by atoms with van der Waals surface area (Å²) in [5, 5.41) is 6.61. The molecule has 0 radical (unpaired) electrons. The van der Waals surface area contributed by atoms with E-state index in [0.717, 1.165) is 30.2 Å². The molecule has 1 fully saturated rings. The van der Waals surface area contributed by atoms with Crippen LogP contribution >= 0.6 is 12.2 Å². The summed E-state index contributed by atoms with van der Waals surface area (Å²) in [5.41, 5.74) is 1.84. The Morgan fingerprint density at radius 3 is 2.52 bits per heavy atom. The number of halogens is 1. The number of anilines is 2. The first-order chi connectivity index (χ1) is 12.9. The van der Waals surface area contributed by atoms with Crippen molar-refractivity contribution < 1.29 is 4.39 Å². The van der Waals surface area contributed by atoms with E-state index in [-0.39, 0.29) is 5.82 Å². The summed E-state index contributed by atoms with van der Waals surface area (Å²) in [4.78, 5) is 11.4. The molecule has 1 saturated heterocycles. The fourth-order valence-corrected chi connectivity index (χ4v) is 3.71. The normalized spacial score (nSPS) is 19.6. The number of nitrogens with zero attached hydrogens (tertiary/aromatic N) is 3. The number of aryl methyl sites for hydroxylation is 1. The van der Waals surface area contributed by atoms with Gasteiger partial charge in [0.1, 0.15) is 11.6 Å². The summed E-state index contributed by atoms with van der Waals surface area (Å²) in [5.74, 6) is 2.48. The van der Waals surface area contributed by atoms with E-state index in [4.69, 9.17) is 12.2 Å². The van der Waals surface area contributed by atoms with Crippen LogP contribution in [0.2, 0.25) is 0 Å². The standard InChI is InChI=1S/C20H26FN5S/c1-13-8-14(2)12-26(11-13)18-9-15(3)23-19(24-18)25-20(27)22-10-16-4-6-17(21)7-5-16/h4-7,9,13-14H,8,10-12H2,1-3H3,(H2,22,23,24,25,27). The Morgan fingerprint density at radius 2 is 1.85 bits per heavy atom. The molecule has 0 spiro atoms. The highest BCUT2D eigenvalue weighted by Gasteiger charge is 2.23. The van der Waals surface area contributed by atoms with Crippen molar-refractivity contribution in [2.45, 2.75) is 33.7 Å². The molecule has 7 heteroatoms. The van der Waals surface area contributed by atoms with Crippen LogP contribution in [-0.4, -0.2) is 28.2 Å². The lowest BCUT2D eigenvalue weighted by Gasteiger charge is -2.36. The van der Waals surface area contributed by atoms with E-state index in [1.54, 1.807) is 12.1 Å². The summed E-state index contributed by atoms with van der Waals surface area (Å²) in [6.07, 6.45) is 1.25. The van der Waals surface area contributed by atoms with Crippen LogP contribution in [0.1, 0.15) is 31.5 Å². The number of thiocarbonyl (C=S) groups is 1. The molecule has 2 atom stereocenters. The molecule has 5 nitrogen and oxygen atoms in total. The van der Waals surface area contributed by atoms with Crippen molar-refractivity contribution in [2.75, 3.05) is 23.3 Å². The van der Waals surface area contributed by atoms with Gasteiger partial charge in [0.25, 0.3) is 0 Å². The molecule has 2 heterocycles. The molecule has 0 aliphatic carbocycles. The van der Waals surface area contributed by atoms with Gasteiger partial charge in [-0.2, -0.15) is 4.98 Å². The summed E-state index contributed by atoms with van der Waals surface area (Å²) >= 11 is 5.35. The number of benzene rings is 1. The zero-order valence-electron chi connectivity index (χ0n) is 16.0. The summed E-state index contributed by atoms with van der Waals surface area (Å²) in [6.45, 7) is 9.05. The van der Waals surface area contributed by atoms with Gasteiger partial charge in [-0.25, -0.2) is 9.37 Å². The van der Waals surface area contributed by atoms with Crippen LogP contribution in [0.4, 0.5) is 16.2 Å². The Balaban J connectivity index is 1.63. The molecule has 144 valence electrons. The average Bonchev–Trinajstić information content (AvgIpc) is 2.60. The molecule has 2 N–H and O–H groups in total. The number of hydrogen-bond acceptors (Lipinski definition) is 4. The van der Waals surface area contributed by atoms with Gasteiger partial charge >= 0.3 is 0 Å². The molecule has 1 aromatic heterocycles. The molecule has 2 unspecified atom stereocenters. The molecule has 0 bridgehead atoms. The Hall–Kier alpha value is -2.28. The van der Waals surface area contributed by atoms with E-state index >= 15 is 0 Å². The van der Waals surface area contributed by atoms with E-state index < -0.39 is 0 Å². The molecule has 0 amide bonds. The second kappa shape index (κ2) is 8.61. The number of hydrogen-bond donors (Lipinski definition) is 2. The summed E-state index contributed by atoms with van der Waals surface area (Å²) in [6, 6.07) is 8.34. The Labute approximate surface area is 165 Å². The quantitative estimate of drug-likeness (QED) is 0.776. The number of aromatic nitrogens is 2. The van der Waals surface area contributed by atoms with Gasteiger partial charge in [0.05, 0.1) is 0 Å². The van der Waals surface area contributed by atoms with Crippen molar-refractivity contribution in [1.29, 1.82) is 0 Å². The number of nitrogens with one attached hydrogen (secondary N) is 2. The minimum atomic E-state index is -0.249. The Morgan fingerprint density at radius 1 is 1.19 bits per heavy atom. The molecule has 0 saturated carbocycles. The van der Waals surface area contributed by atoms with Gasteiger partial charge in [0.15, 0.2) is 5.11 Å². The maximum atomic E-state index is 13.0. The first-order valence-corrected chi connectivity index (χ1v) is 9.70. The monoisotopic (exact) mass is 387 g/mol. The zero-order valence-corrected chi connectivity index (χ0v) is 16.8. The van der Waals surface area contributed by atoms with Crippen molar-refractivity contribution in [2.24, 2.45) is 11.8 Å². The van der Waals surface area contributed by atoms with E-state index in [2.05, 4.69) is 39.3 Å². The first-order valence-electron chi connectivity index (χ1n) is 9.29. The predicted octanol–water partition coefficient (Wildman–Crippen LogP) is 3.89. The Kier molecular flexibility index (Phi) is 6.21. The van der Waals surface area contributed by atoms with Crippen LogP contribution in [0, 0.1) is 24.6 Å². The van der Waals surface area contributed by atoms with E-state index in [9.17, 15) is 4.39 Å². The molecular formula is C20H26FN5S. The van der Waals surface area contributed by atoms with Crippen LogP contribution in [0.15, 0.2) is 30.3 Å². The maximum Gasteiger partial charge on any atom is 0.231 e. The van der Waals surface area contributed by atoms with Crippen molar-refractivity contribution in [3.63, 3.8) is 0 Å². The predicted molar refractivity (Wildman–Crippen MR) is 111 cm³/mol. The minimum Gasteiger partial charge on any atom is -0.358 e. The van der Waals surface area contributed by atoms with Gasteiger partial charge in [0.2, 0.25) is 5.95 Å². The molecule has 2 aromatic rings. The fraction of sp³-hybridized carbons (Fsp3) is 0.450. The lowest BCUT2D eigenvalue weighted by molar-refractivity contribution is 0.355. The lowest BCUT2D eigenvalue weighted by Crippen LogP contribution is -2.39. The van der Waals surface area contributed by atoms with E-state index in [1.807, 2.05) is 13.0 Å². The van der Waals surface area contributed by atoms with E-state index in [0.29, 0.717) is 29.4 Å². The van der Waals surface area contributed by atoms with Crippen LogP contribution in [0.25, 0.3) is 0 Å². The van der Waals surface area contributed by atoms with Crippen LogP contribution in [0.5, 0.6) is 0 Å². The highest BCUT2D eigenvalue weighted by Crippen LogP contribution is 2.25. The summed E-state index contributed by atoms with van der Waals surface area (Å²) < 4.78 is 13.0. The third kappa shape index (κ3) is 5.60. The third-order valence-corrected chi connectivity index (χ3v) is 4.87. The topological polar surface area (TPSA) is 53.1 Å². The van der Waals surface area contributed by atoms with Gasteiger partial charge in [0, 0.05) is 31.4 Å². The third-order valence-electron chi connectivity index (χ3n) is 4.63. The molecule has 1 aromatic carbocycles. The lowest BCUT2D eigenvalue weighted by atomic mass is 9.92. The fourth-order valence-electron chi connectivity index (χ4n) is 3.55. The molecule has 3 rings (SSSR count). The smallest absolute Gasteiger partial charge is 0.231 e. The van der Waals surface area contributed by atoms with Crippen molar-refractivity contribution >= 4 is 29.1 Å². The second-order valence-corrected chi connectivity index (χ2v) is 7.88. The number of piperidine rings is 1. The van der Waals surface area contributed by atoms with Gasteiger partial charge in [-0.3, -0.25) is 0 Å². The van der Waals surface area contributed by atoms with Gasteiger partial charge in [-0.15, -0.1) is 0 Å². The Bertz CT molecular complexity index is 785. The highest BCUT2D eigenvalue weighted by atomic mass is 32.1. The van der Waals surface area contributed by atoms with E-state index in [1.165, 1.54) is 18.6 Å². The van der Waals surface area contributed by atoms with Crippen LogP contribution < -0.4 is 15.5 Å².